The average Bonchev–Trinajstić information content (AvgIpc) is 2.37. The Balaban J connectivity index is 5.14. The number of nitrogens with zero attached hydrogens (tertiary/aromatic N) is 2. The zero-order chi connectivity index (χ0) is 14.0. The summed E-state index contributed by atoms with van der Waals surface area (Å²) in [6, 6.07) is 2.25. The summed E-state index contributed by atoms with van der Waals surface area (Å²) in [5, 5.41) is 9.45. The molecule has 0 aromatic heterocycles. The Hall–Kier alpha value is -1.48. The number of amides is 1. The Morgan fingerprint density at radius 2 is 1.78 bits per heavy atom. The number of carbonyl (C=O) groups is 1. The molecule has 0 N–H and O–H groups in total. The van der Waals surface area contributed by atoms with Crippen LogP contribution in [0.3, 0.4) is 0 Å². The second-order valence-electron chi connectivity index (χ2n) is 4.62. The van der Waals surface area contributed by atoms with Crippen LogP contribution in [0.4, 0.5) is 0 Å². The maximum Gasteiger partial charge on any atom is 0.243 e. The summed E-state index contributed by atoms with van der Waals surface area (Å²) in [7, 11) is 0. The molecule has 0 fully saturated rings. The van der Waals surface area contributed by atoms with E-state index in [-0.39, 0.29) is 5.91 Å². The van der Waals surface area contributed by atoms with Gasteiger partial charge in [-0.1, -0.05) is 39.5 Å². The molecule has 0 unspecified atom stereocenters. The van der Waals surface area contributed by atoms with E-state index in [9.17, 15) is 10.1 Å². The molecule has 0 bridgehead atoms. The molecule has 0 spiro atoms. The summed E-state index contributed by atoms with van der Waals surface area (Å²) in [6.07, 6.45) is 9.04. The summed E-state index contributed by atoms with van der Waals surface area (Å²) in [5.41, 5.74) is -0.879. The van der Waals surface area contributed by atoms with Crippen LogP contribution in [0.2, 0.25) is 0 Å². The van der Waals surface area contributed by atoms with Crippen molar-refractivity contribution in [1.29, 1.82) is 5.26 Å². The number of hydrogen-bond acceptors (Lipinski definition) is 2. The van der Waals surface area contributed by atoms with Crippen molar-refractivity contribution in [2.24, 2.45) is 5.41 Å². The highest BCUT2D eigenvalue weighted by Crippen LogP contribution is 2.31. The molecular weight excluding hydrogens is 224 g/mol. The molecule has 3 nitrogen and oxygen atoms in total. The number of carbonyl (C=O) groups excluding carboxylic acids is 1. The Morgan fingerprint density at radius 3 is 2.11 bits per heavy atom. The maximum absolute atomic E-state index is 12.6. The predicted molar refractivity (Wildman–Crippen MR) is 73.6 cm³/mol. The van der Waals surface area contributed by atoms with Crippen LogP contribution in [0.15, 0.2) is 0 Å². The van der Waals surface area contributed by atoms with E-state index in [2.05, 4.69) is 12.0 Å². The van der Waals surface area contributed by atoms with E-state index in [1.165, 1.54) is 0 Å². The van der Waals surface area contributed by atoms with Crippen molar-refractivity contribution in [2.75, 3.05) is 13.1 Å². The minimum atomic E-state index is -0.879. The fraction of sp³-hybridized carbons (Fsp3) is 0.733. The fourth-order valence-corrected chi connectivity index (χ4v) is 2.29. The van der Waals surface area contributed by atoms with Crippen molar-refractivity contribution >= 4 is 5.91 Å². The van der Waals surface area contributed by atoms with Gasteiger partial charge in [-0.25, -0.2) is 0 Å². The molecule has 0 aromatic carbocycles. The summed E-state index contributed by atoms with van der Waals surface area (Å²) in [4.78, 5) is 14.2. The molecule has 0 saturated carbocycles. The van der Waals surface area contributed by atoms with Crippen LogP contribution in [0.25, 0.3) is 0 Å². The van der Waals surface area contributed by atoms with Crippen molar-refractivity contribution in [3.63, 3.8) is 0 Å². The molecule has 0 aliphatic rings. The monoisotopic (exact) mass is 248 g/mol. The summed E-state index contributed by atoms with van der Waals surface area (Å²) in [6.45, 7) is 6.93. The molecular formula is C15H24N2O. The van der Waals surface area contributed by atoms with Crippen LogP contribution in [0.1, 0.15) is 52.9 Å². The van der Waals surface area contributed by atoms with Crippen molar-refractivity contribution in [3.8, 4) is 18.4 Å². The van der Waals surface area contributed by atoms with Crippen LogP contribution in [0.5, 0.6) is 0 Å². The molecule has 1 amide bonds. The first-order valence-corrected chi connectivity index (χ1v) is 6.75. The summed E-state index contributed by atoms with van der Waals surface area (Å²) in [5.74, 6) is 2.42. The average molecular weight is 248 g/mol. The number of hydrogen-bond donors (Lipinski definition) is 0. The van der Waals surface area contributed by atoms with Gasteiger partial charge in [0.25, 0.3) is 0 Å². The van der Waals surface area contributed by atoms with Crippen LogP contribution < -0.4 is 0 Å². The topological polar surface area (TPSA) is 44.1 Å². The lowest BCUT2D eigenvalue weighted by atomic mass is 9.79. The van der Waals surface area contributed by atoms with Gasteiger partial charge in [0.2, 0.25) is 5.91 Å². The van der Waals surface area contributed by atoms with E-state index in [0.29, 0.717) is 25.9 Å². The molecule has 3 heteroatoms. The number of terminal acetylenes is 1. The lowest BCUT2D eigenvalue weighted by Crippen LogP contribution is -2.44. The SMILES string of the molecule is C#CCN(CCC)C(=O)C(C#N)(CCC)CCC. The van der Waals surface area contributed by atoms with Crippen LogP contribution in [-0.2, 0) is 4.79 Å². The Kier molecular flexibility index (Phi) is 7.88. The number of nitriles is 1. The van der Waals surface area contributed by atoms with Crippen LogP contribution in [-0.4, -0.2) is 23.9 Å². The van der Waals surface area contributed by atoms with Gasteiger partial charge in [0, 0.05) is 6.54 Å². The van der Waals surface area contributed by atoms with Gasteiger partial charge in [0.15, 0.2) is 0 Å². The molecule has 0 aliphatic carbocycles. The first kappa shape index (κ1) is 16.5. The minimum absolute atomic E-state index is 0.0894. The van der Waals surface area contributed by atoms with Gasteiger partial charge >= 0.3 is 0 Å². The normalized spacial score (nSPS) is 10.5. The van der Waals surface area contributed by atoms with Gasteiger partial charge < -0.3 is 4.90 Å². The lowest BCUT2D eigenvalue weighted by Gasteiger charge is -2.31. The van der Waals surface area contributed by atoms with E-state index in [0.717, 1.165) is 19.3 Å². The molecule has 0 atom stereocenters. The quantitative estimate of drug-likeness (QED) is 0.620. The number of rotatable bonds is 8. The smallest absolute Gasteiger partial charge is 0.243 e. The zero-order valence-electron chi connectivity index (χ0n) is 11.8. The molecule has 0 rings (SSSR count). The molecule has 0 radical (unpaired) electrons. The van der Waals surface area contributed by atoms with E-state index < -0.39 is 5.41 Å². The second-order valence-corrected chi connectivity index (χ2v) is 4.62. The third kappa shape index (κ3) is 4.08. The summed E-state index contributed by atoms with van der Waals surface area (Å²) < 4.78 is 0. The van der Waals surface area contributed by atoms with E-state index >= 15 is 0 Å². The van der Waals surface area contributed by atoms with Gasteiger partial charge in [0.05, 0.1) is 12.6 Å². The molecule has 0 heterocycles. The fourth-order valence-electron chi connectivity index (χ4n) is 2.29. The van der Waals surface area contributed by atoms with Crippen LogP contribution >= 0.6 is 0 Å². The van der Waals surface area contributed by atoms with Gasteiger partial charge in [-0.05, 0) is 19.3 Å². The van der Waals surface area contributed by atoms with Gasteiger partial charge in [0.1, 0.15) is 5.41 Å². The standard InChI is InChI=1S/C15H24N2O/c1-5-9-15(13-16,10-6-2)14(18)17(11-7-3)12-8-4/h3H,5-6,8-12H2,1-2,4H3. The van der Waals surface area contributed by atoms with E-state index in [1.807, 2.05) is 20.8 Å². The molecule has 100 valence electrons. The third-order valence-electron chi connectivity index (χ3n) is 3.04. The third-order valence-corrected chi connectivity index (χ3v) is 3.04. The molecule has 0 aromatic rings. The highest BCUT2D eigenvalue weighted by molar-refractivity contribution is 5.85. The molecule has 0 saturated heterocycles. The summed E-state index contributed by atoms with van der Waals surface area (Å²) >= 11 is 0. The van der Waals surface area contributed by atoms with Crippen molar-refractivity contribution in [3.05, 3.63) is 0 Å². The maximum atomic E-state index is 12.6. The largest absolute Gasteiger partial charge is 0.330 e. The Morgan fingerprint density at radius 1 is 1.22 bits per heavy atom. The second kappa shape index (κ2) is 8.59. The van der Waals surface area contributed by atoms with Crippen molar-refractivity contribution < 1.29 is 4.79 Å². The highest BCUT2D eigenvalue weighted by Gasteiger charge is 2.39. The lowest BCUT2D eigenvalue weighted by molar-refractivity contribution is -0.139. The molecule has 0 aliphatic heterocycles. The van der Waals surface area contributed by atoms with E-state index in [1.54, 1.807) is 4.90 Å². The van der Waals surface area contributed by atoms with Crippen LogP contribution in [0, 0.1) is 29.1 Å². The zero-order valence-corrected chi connectivity index (χ0v) is 11.8. The first-order valence-electron chi connectivity index (χ1n) is 6.75. The van der Waals surface area contributed by atoms with Gasteiger partial charge in [-0.15, -0.1) is 6.42 Å². The van der Waals surface area contributed by atoms with Gasteiger partial charge in [-0.3, -0.25) is 4.79 Å². The van der Waals surface area contributed by atoms with Crippen molar-refractivity contribution in [1.82, 2.24) is 4.90 Å². The minimum Gasteiger partial charge on any atom is -0.330 e. The Bertz CT molecular complexity index is 329. The Labute approximate surface area is 111 Å². The highest BCUT2D eigenvalue weighted by atomic mass is 16.2. The first-order chi connectivity index (χ1) is 8.61. The predicted octanol–water partition coefficient (Wildman–Crippen LogP) is 2.97. The van der Waals surface area contributed by atoms with E-state index in [4.69, 9.17) is 6.42 Å². The van der Waals surface area contributed by atoms with Gasteiger partial charge in [-0.2, -0.15) is 5.26 Å². The molecule has 18 heavy (non-hydrogen) atoms. The van der Waals surface area contributed by atoms with Crippen molar-refractivity contribution in [2.45, 2.75) is 52.9 Å².